The average Bonchev–Trinajstić information content (AvgIpc) is 2.60. The Bertz CT molecular complexity index is 726. The molecule has 0 saturated heterocycles. The van der Waals surface area contributed by atoms with Crippen LogP contribution in [0, 0.1) is 0 Å². The molecule has 0 aliphatic rings. The Labute approximate surface area is 138 Å². The normalized spacial score (nSPS) is 9.92. The lowest BCUT2D eigenvalue weighted by atomic mass is 10.2. The highest BCUT2D eigenvalue weighted by Gasteiger charge is 2.10. The van der Waals surface area contributed by atoms with Gasteiger partial charge in [-0.15, -0.1) is 0 Å². The van der Waals surface area contributed by atoms with Gasteiger partial charge in [-0.2, -0.15) is 0 Å². The van der Waals surface area contributed by atoms with Crippen molar-refractivity contribution in [1.29, 1.82) is 0 Å². The maximum atomic E-state index is 11.8. The van der Waals surface area contributed by atoms with E-state index < -0.39 is 12.1 Å². The molecule has 7 heteroatoms. The Balaban J connectivity index is 1.96. The largest absolute Gasteiger partial charge is 0.497 e. The van der Waals surface area contributed by atoms with Crippen LogP contribution >= 0.6 is 0 Å². The zero-order valence-electron chi connectivity index (χ0n) is 13.2. The molecule has 2 aromatic carbocycles. The predicted molar refractivity (Wildman–Crippen MR) is 86.8 cm³/mol. The lowest BCUT2D eigenvalue weighted by Gasteiger charge is -2.11. The summed E-state index contributed by atoms with van der Waals surface area (Å²) in [5.41, 5.74) is 1.23. The average molecular weight is 331 g/mol. The number of amides is 1. The van der Waals surface area contributed by atoms with Gasteiger partial charge in [-0.05, 0) is 42.5 Å². The van der Waals surface area contributed by atoms with Gasteiger partial charge in [0.1, 0.15) is 18.1 Å². The maximum absolute atomic E-state index is 11.8. The van der Waals surface area contributed by atoms with Gasteiger partial charge in [0.15, 0.2) is 0 Å². The van der Waals surface area contributed by atoms with Crippen molar-refractivity contribution in [1.82, 2.24) is 0 Å². The number of benzene rings is 2. The summed E-state index contributed by atoms with van der Waals surface area (Å²) in [6.07, 6.45) is -0.664. The molecule has 7 nitrogen and oxygen atoms in total. The van der Waals surface area contributed by atoms with Crippen LogP contribution in [0.25, 0.3) is 0 Å². The van der Waals surface area contributed by atoms with Gasteiger partial charge < -0.3 is 19.3 Å². The Morgan fingerprint density at radius 3 is 2.33 bits per heavy atom. The van der Waals surface area contributed by atoms with E-state index in [-0.39, 0.29) is 12.2 Å². The van der Waals surface area contributed by atoms with E-state index >= 15 is 0 Å². The number of ether oxygens (including phenoxy) is 3. The molecule has 0 aromatic heterocycles. The molecule has 0 aliphatic carbocycles. The van der Waals surface area contributed by atoms with Crippen molar-refractivity contribution in [3.8, 4) is 11.5 Å². The summed E-state index contributed by atoms with van der Waals surface area (Å²) in [6, 6.07) is 10.9. The number of carbonyl (C=O) groups excluding carboxylic acids is 1. The molecule has 126 valence electrons. The van der Waals surface area contributed by atoms with E-state index in [9.17, 15) is 9.59 Å². The van der Waals surface area contributed by atoms with Crippen molar-refractivity contribution in [2.75, 3.05) is 19.5 Å². The van der Waals surface area contributed by atoms with Crippen LogP contribution in [-0.2, 0) is 11.3 Å². The summed E-state index contributed by atoms with van der Waals surface area (Å²) in [7, 11) is 3.06. The Hall–Kier alpha value is -3.22. The number of hydrogen-bond acceptors (Lipinski definition) is 5. The van der Waals surface area contributed by atoms with Gasteiger partial charge in [0.25, 0.3) is 0 Å². The highest BCUT2D eigenvalue weighted by Crippen LogP contribution is 2.24. The predicted octanol–water partition coefficient (Wildman–Crippen LogP) is 3.15. The van der Waals surface area contributed by atoms with Gasteiger partial charge in [0, 0.05) is 11.3 Å². The second kappa shape index (κ2) is 7.87. The number of aromatic carboxylic acids is 1. The summed E-state index contributed by atoms with van der Waals surface area (Å²) in [6.45, 7) is -0.000579. The smallest absolute Gasteiger partial charge is 0.411 e. The van der Waals surface area contributed by atoms with Crippen LogP contribution in [0.2, 0.25) is 0 Å². The number of carboxylic acids is 1. The number of carbonyl (C=O) groups is 2. The van der Waals surface area contributed by atoms with Crippen LogP contribution in [0.15, 0.2) is 42.5 Å². The number of hydrogen-bond donors (Lipinski definition) is 2. The molecule has 2 N–H and O–H groups in total. The molecule has 0 heterocycles. The van der Waals surface area contributed by atoms with E-state index in [0.29, 0.717) is 22.7 Å². The van der Waals surface area contributed by atoms with E-state index in [4.69, 9.17) is 19.3 Å². The summed E-state index contributed by atoms with van der Waals surface area (Å²) in [4.78, 5) is 22.6. The fraction of sp³-hybridized carbons (Fsp3) is 0.176. The lowest BCUT2D eigenvalue weighted by Crippen LogP contribution is -2.14. The van der Waals surface area contributed by atoms with E-state index in [1.165, 1.54) is 31.4 Å². The van der Waals surface area contributed by atoms with Crippen molar-refractivity contribution in [2.24, 2.45) is 0 Å². The van der Waals surface area contributed by atoms with Gasteiger partial charge >= 0.3 is 12.1 Å². The van der Waals surface area contributed by atoms with Crippen LogP contribution in [0.5, 0.6) is 11.5 Å². The quantitative estimate of drug-likeness (QED) is 0.844. The van der Waals surface area contributed by atoms with Gasteiger partial charge in [-0.25, -0.2) is 9.59 Å². The van der Waals surface area contributed by atoms with E-state index in [0.717, 1.165) is 0 Å². The van der Waals surface area contributed by atoms with Crippen molar-refractivity contribution < 1.29 is 28.9 Å². The molecular weight excluding hydrogens is 314 g/mol. The monoisotopic (exact) mass is 331 g/mol. The molecule has 0 atom stereocenters. The van der Waals surface area contributed by atoms with Crippen LogP contribution in [0.4, 0.5) is 10.5 Å². The highest BCUT2D eigenvalue weighted by molar-refractivity contribution is 5.89. The molecule has 0 fully saturated rings. The number of methoxy groups -OCH3 is 2. The number of rotatable bonds is 6. The first-order chi connectivity index (χ1) is 11.5. The Morgan fingerprint density at radius 1 is 1.04 bits per heavy atom. The first-order valence-electron chi connectivity index (χ1n) is 7.01. The second-order valence-electron chi connectivity index (χ2n) is 4.76. The zero-order valence-corrected chi connectivity index (χ0v) is 13.2. The minimum atomic E-state index is -1.03. The van der Waals surface area contributed by atoms with Crippen LogP contribution in [0.1, 0.15) is 15.9 Å². The third kappa shape index (κ3) is 4.39. The fourth-order valence-corrected chi connectivity index (χ4v) is 1.99. The molecule has 0 aliphatic heterocycles. The number of carboxylic acid groups (broad SMARTS) is 1. The minimum Gasteiger partial charge on any atom is -0.497 e. The van der Waals surface area contributed by atoms with Crippen LogP contribution in [-0.4, -0.2) is 31.4 Å². The van der Waals surface area contributed by atoms with E-state index in [2.05, 4.69) is 5.32 Å². The molecule has 2 aromatic rings. The molecule has 0 saturated carbocycles. The zero-order chi connectivity index (χ0) is 17.5. The molecule has 24 heavy (non-hydrogen) atoms. The van der Waals surface area contributed by atoms with Gasteiger partial charge in [0.2, 0.25) is 0 Å². The lowest BCUT2D eigenvalue weighted by molar-refractivity contribution is 0.0697. The SMILES string of the molecule is COc1ccc(OC)c(COC(=O)Nc2ccc(C(=O)O)cc2)c1. The molecular formula is C17H17NO6. The van der Waals surface area contributed by atoms with Crippen LogP contribution < -0.4 is 14.8 Å². The van der Waals surface area contributed by atoms with Crippen molar-refractivity contribution in [3.05, 3.63) is 53.6 Å². The van der Waals surface area contributed by atoms with E-state index in [1.54, 1.807) is 25.3 Å². The molecule has 0 spiro atoms. The molecule has 0 unspecified atom stereocenters. The fourth-order valence-electron chi connectivity index (χ4n) is 1.99. The highest BCUT2D eigenvalue weighted by atomic mass is 16.5. The topological polar surface area (TPSA) is 94.1 Å². The van der Waals surface area contributed by atoms with Crippen molar-refractivity contribution in [2.45, 2.75) is 6.61 Å². The summed E-state index contributed by atoms with van der Waals surface area (Å²) in [5, 5.41) is 11.3. The molecule has 0 bridgehead atoms. The number of anilines is 1. The minimum absolute atomic E-state index is 0.000579. The van der Waals surface area contributed by atoms with Crippen molar-refractivity contribution in [3.63, 3.8) is 0 Å². The first-order valence-corrected chi connectivity index (χ1v) is 7.01. The number of nitrogens with one attached hydrogen (secondary N) is 1. The van der Waals surface area contributed by atoms with Crippen LogP contribution in [0.3, 0.4) is 0 Å². The summed E-state index contributed by atoms with van der Waals surface area (Å²) < 4.78 is 15.5. The summed E-state index contributed by atoms with van der Waals surface area (Å²) >= 11 is 0. The van der Waals surface area contributed by atoms with E-state index in [1.807, 2.05) is 0 Å². The Kier molecular flexibility index (Phi) is 5.62. The van der Waals surface area contributed by atoms with Crippen molar-refractivity contribution >= 4 is 17.7 Å². The molecule has 2 rings (SSSR count). The third-order valence-electron chi connectivity index (χ3n) is 3.22. The molecule has 1 amide bonds. The molecule has 0 radical (unpaired) electrons. The third-order valence-corrected chi connectivity index (χ3v) is 3.22. The maximum Gasteiger partial charge on any atom is 0.411 e. The summed E-state index contributed by atoms with van der Waals surface area (Å²) in [5.74, 6) is 0.169. The van der Waals surface area contributed by atoms with Gasteiger partial charge in [-0.1, -0.05) is 0 Å². The standard InChI is InChI=1S/C17H17NO6/c1-22-14-7-8-15(23-2)12(9-14)10-24-17(21)18-13-5-3-11(4-6-13)16(19)20/h3-9H,10H2,1-2H3,(H,18,21)(H,19,20). The second-order valence-corrected chi connectivity index (χ2v) is 4.76. The van der Waals surface area contributed by atoms with Gasteiger partial charge in [0.05, 0.1) is 19.8 Å². The first kappa shape index (κ1) is 17.1. The van der Waals surface area contributed by atoms with Gasteiger partial charge in [-0.3, -0.25) is 5.32 Å². The Morgan fingerprint density at radius 2 is 1.75 bits per heavy atom.